The molecule has 0 unspecified atom stereocenters. The number of pyridine rings is 1. The summed E-state index contributed by atoms with van der Waals surface area (Å²) in [5.41, 5.74) is 3.77. The van der Waals surface area contributed by atoms with Gasteiger partial charge in [0.2, 0.25) is 0 Å². The zero-order chi connectivity index (χ0) is 16.4. The van der Waals surface area contributed by atoms with Crippen molar-refractivity contribution in [3.63, 3.8) is 0 Å². The predicted octanol–water partition coefficient (Wildman–Crippen LogP) is 3.38. The van der Waals surface area contributed by atoms with Gasteiger partial charge in [0.25, 0.3) is 5.56 Å². The lowest BCUT2D eigenvalue weighted by molar-refractivity contribution is 0.350. The van der Waals surface area contributed by atoms with Crippen molar-refractivity contribution < 1.29 is 0 Å². The monoisotopic (exact) mass is 310 g/mol. The first-order valence-electron chi connectivity index (χ1n) is 8.62. The van der Waals surface area contributed by atoms with Gasteiger partial charge in [0.1, 0.15) is 0 Å². The molecule has 0 spiro atoms. The van der Waals surface area contributed by atoms with Crippen molar-refractivity contribution in [2.75, 3.05) is 19.6 Å². The van der Waals surface area contributed by atoms with Gasteiger partial charge in [-0.2, -0.15) is 0 Å². The summed E-state index contributed by atoms with van der Waals surface area (Å²) >= 11 is 0. The van der Waals surface area contributed by atoms with Gasteiger partial charge >= 0.3 is 0 Å². The van der Waals surface area contributed by atoms with E-state index in [1.165, 1.54) is 11.1 Å². The van der Waals surface area contributed by atoms with Crippen molar-refractivity contribution in [1.29, 1.82) is 0 Å². The fourth-order valence-electron chi connectivity index (χ4n) is 3.89. The number of likely N-dealkylation sites (N-methyl/N-ethyl adjacent to an activating group) is 1. The van der Waals surface area contributed by atoms with Gasteiger partial charge in [-0.15, -0.1) is 0 Å². The highest BCUT2D eigenvalue weighted by molar-refractivity contribution is 5.32. The van der Waals surface area contributed by atoms with Crippen molar-refractivity contribution in [1.82, 2.24) is 9.47 Å². The molecule has 1 aliphatic rings. The molecule has 23 heavy (non-hydrogen) atoms. The molecule has 1 aromatic heterocycles. The van der Waals surface area contributed by atoms with E-state index < -0.39 is 0 Å². The van der Waals surface area contributed by atoms with E-state index in [-0.39, 0.29) is 5.56 Å². The Balaban J connectivity index is 2.01. The van der Waals surface area contributed by atoms with Crippen LogP contribution in [0.1, 0.15) is 42.5 Å². The molecule has 3 heteroatoms. The van der Waals surface area contributed by atoms with E-state index in [2.05, 4.69) is 48.2 Å². The fraction of sp³-hybridized carbons (Fsp3) is 0.450. The van der Waals surface area contributed by atoms with Crippen LogP contribution in [0.15, 0.2) is 47.3 Å². The molecule has 3 rings (SSSR count). The van der Waals surface area contributed by atoms with Crippen LogP contribution < -0.4 is 5.56 Å². The molecule has 0 amide bonds. The average Bonchev–Trinajstić information content (AvgIpc) is 3.00. The number of nitrogens with zero attached hydrogens (tertiary/aromatic N) is 2. The maximum Gasteiger partial charge on any atom is 0.250 e. The molecule has 2 heterocycles. The molecule has 1 aliphatic heterocycles. The van der Waals surface area contributed by atoms with Crippen LogP contribution in [0.3, 0.4) is 0 Å². The molecule has 0 saturated carbocycles. The first kappa shape index (κ1) is 16.0. The highest BCUT2D eigenvalue weighted by Gasteiger charge is 2.34. The molecule has 0 radical (unpaired) electrons. The van der Waals surface area contributed by atoms with E-state index in [1.54, 1.807) is 0 Å². The highest BCUT2D eigenvalue weighted by Crippen LogP contribution is 2.39. The van der Waals surface area contributed by atoms with Crippen molar-refractivity contribution >= 4 is 0 Å². The molecule has 0 aliphatic carbocycles. The first-order chi connectivity index (χ1) is 11.1. The molecule has 3 nitrogen and oxygen atoms in total. The van der Waals surface area contributed by atoms with Gasteiger partial charge < -0.3 is 9.47 Å². The number of hydrogen-bond donors (Lipinski definition) is 0. The Labute approximate surface area is 138 Å². The van der Waals surface area contributed by atoms with Crippen molar-refractivity contribution in [3.8, 4) is 0 Å². The topological polar surface area (TPSA) is 25.2 Å². The first-order valence-corrected chi connectivity index (χ1v) is 8.62. The van der Waals surface area contributed by atoms with Gasteiger partial charge in [0, 0.05) is 43.2 Å². The average molecular weight is 310 g/mol. The van der Waals surface area contributed by atoms with Crippen LogP contribution in [-0.4, -0.2) is 29.1 Å². The smallest absolute Gasteiger partial charge is 0.250 e. The fourth-order valence-corrected chi connectivity index (χ4v) is 3.89. The summed E-state index contributed by atoms with van der Waals surface area (Å²) < 4.78 is 1.84. The summed E-state index contributed by atoms with van der Waals surface area (Å²) in [5.74, 6) is 0.864. The molecule has 1 aromatic carbocycles. The van der Waals surface area contributed by atoms with Crippen LogP contribution in [-0.2, 0) is 6.54 Å². The van der Waals surface area contributed by atoms with Gasteiger partial charge in [-0.3, -0.25) is 4.79 Å². The van der Waals surface area contributed by atoms with E-state index in [0.717, 1.165) is 31.9 Å². The minimum absolute atomic E-state index is 0.129. The molecular weight excluding hydrogens is 284 g/mol. The maximum absolute atomic E-state index is 12.4. The zero-order valence-electron chi connectivity index (χ0n) is 14.3. The summed E-state index contributed by atoms with van der Waals surface area (Å²) in [6, 6.07) is 14.8. The maximum atomic E-state index is 12.4. The van der Waals surface area contributed by atoms with Crippen LogP contribution in [0.2, 0.25) is 0 Å². The number of aryl methyl sites for hydroxylation is 1. The normalized spacial score (nSPS) is 21.7. The number of benzene rings is 1. The van der Waals surface area contributed by atoms with Crippen molar-refractivity contribution in [2.24, 2.45) is 0 Å². The van der Waals surface area contributed by atoms with E-state index in [0.29, 0.717) is 11.8 Å². The summed E-state index contributed by atoms with van der Waals surface area (Å²) in [7, 11) is 0. The molecule has 2 aromatic rings. The third-order valence-corrected chi connectivity index (χ3v) is 5.17. The van der Waals surface area contributed by atoms with Crippen molar-refractivity contribution in [2.45, 2.75) is 39.2 Å². The van der Waals surface area contributed by atoms with Crippen LogP contribution in [0, 0.1) is 6.92 Å². The number of likely N-dealkylation sites (tertiary alicyclic amines) is 1. The molecule has 0 bridgehead atoms. The minimum Gasteiger partial charge on any atom is -0.313 e. The van der Waals surface area contributed by atoms with Crippen LogP contribution in [0.25, 0.3) is 0 Å². The summed E-state index contributed by atoms with van der Waals surface area (Å²) in [6.07, 6.45) is 0. The number of aromatic nitrogens is 1. The van der Waals surface area contributed by atoms with Gasteiger partial charge in [-0.05, 0) is 37.6 Å². The largest absolute Gasteiger partial charge is 0.313 e. The molecule has 1 fully saturated rings. The molecule has 2 atom stereocenters. The predicted molar refractivity (Wildman–Crippen MR) is 95.2 cm³/mol. The van der Waals surface area contributed by atoms with E-state index in [9.17, 15) is 4.79 Å². The van der Waals surface area contributed by atoms with Crippen LogP contribution in [0.5, 0.6) is 0 Å². The van der Waals surface area contributed by atoms with Gasteiger partial charge in [-0.25, -0.2) is 0 Å². The van der Waals surface area contributed by atoms with Crippen molar-refractivity contribution in [3.05, 3.63) is 69.6 Å². The Kier molecular flexibility index (Phi) is 4.67. The standard InChI is InChI=1S/C20H26N2O/c1-4-21-13-18(16-9-7-6-8-10-16)19(14-21)17-11-15(3)22(5-2)20(23)12-17/h6-12,18-19H,4-5,13-14H2,1-3H3/t18-,19+/m0/s1. The Morgan fingerprint density at radius 3 is 2.17 bits per heavy atom. The lowest BCUT2D eigenvalue weighted by atomic mass is 9.84. The second-order valence-electron chi connectivity index (χ2n) is 6.49. The Bertz CT molecular complexity index is 720. The SMILES string of the molecule is CCN1C[C@H](c2cc(C)n(CC)c(=O)c2)[C@H](c2ccccc2)C1. The quantitative estimate of drug-likeness (QED) is 0.865. The van der Waals surface area contributed by atoms with Crippen LogP contribution in [0.4, 0.5) is 0 Å². The van der Waals surface area contributed by atoms with E-state index in [1.807, 2.05) is 24.5 Å². The number of rotatable bonds is 4. The second kappa shape index (κ2) is 6.71. The number of hydrogen-bond acceptors (Lipinski definition) is 2. The molecule has 0 N–H and O–H groups in total. The molecular formula is C20H26N2O. The third kappa shape index (κ3) is 3.11. The van der Waals surface area contributed by atoms with Gasteiger partial charge in [0.15, 0.2) is 0 Å². The minimum atomic E-state index is 0.129. The van der Waals surface area contributed by atoms with E-state index in [4.69, 9.17) is 0 Å². The lowest BCUT2D eigenvalue weighted by Gasteiger charge is -2.20. The summed E-state index contributed by atoms with van der Waals surface area (Å²) in [6.45, 7) is 10.2. The van der Waals surface area contributed by atoms with Gasteiger partial charge in [0.05, 0.1) is 0 Å². The third-order valence-electron chi connectivity index (χ3n) is 5.17. The molecule has 122 valence electrons. The second-order valence-corrected chi connectivity index (χ2v) is 6.49. The Hall–Kier alpha value is -1.87. The summed E-state index contributed by atoms with van der Waals surface area (Å²) in [4.78, 5) is 14.9. The summed E-state index contributed by atoms with van der Waals surface area (Å²) in [5, 5.41) is 0. The van der Waals surface area contributed by atoms with Crippen LogP contribution >= 0.6 is 0 Å². The lowest BCUT2D eigenvalue weighted by Crippen LogP contribution is -2.23. The van der Waals surface area contributed by atoms with Gasteiger partial charge in [-0.1, -0.05) is 37.3 Å². The van der Waals surface area contributed by atoms with E-state index >= 15 is 0 Å². The molecule has 1 saturated heterocycles. The zero-order valence-corrected chi connectivity index (χ0v) is 14.3. The Morgan fingerprint density at radius 2 is 1.61 bits per heavy atom. The highest BCUT2D eigenvalue weighted by atomic mass is 16.1. The Morgan fingerprint density at radius 1 is 0.957 bits per heavy atom.